The number of rotatable bonds is 6. The van der Waals surface area contributed by atoms with Crippen LogP contribution in [0.25, 0.3) is 0 Å². The topological polar surface area (TPSA) is 50.7 Å². The molecule has 0 bridgehead atoms. The molecule has 0 amide bonds. The summed E-state index contributed by atoms with van der Waals surface area (Å²) in [7, 11) is 3.31. The summed E-state index contributed by atoms with van der Waals surface area (Å²) in [5.41, 5.74) is 1.21. The average molecular weight is 311 g/mol. The van der Waals surface area contributed by atoms with Gasteiger partial charge in [0.25, 0.3) is 0 Å². The van der Waals surface area contributed by atoms with Crippen LogP contribution in [0, 0.1) is 0 Å². The highest BCUT2D eigenvalue weighted by Crippen LogP contribution is 2.34. The van der Waals surface area contributed by atoms with E-state index in [4.69, 9.17) is 9.47 Å². The highest BCUT2D eigenvalue weighted by Gasteiger charge is 2.20. The molecular formula is C16H25NO3S. The lowest BCUT2D eigenvalue weighted by molar-refractivity contribution is 0.111. The van der Waals surface area contributed by atoms with Crippen LogP contribution in [0.2, 0.25) is 0 Å². The number of hydrogen-bond donors (Lipinski definition) is 2. The van der Waals surface area contributed by atoms with Crippen LogP contribution in [0.4, 0.5) is 0 Å². The number of aliphatic hydroxyl groups excluding tert-OH is 1. The quantitative estimate of drug-likeness (QED) is 0.791. The van der Waals surface area contributed by atoms with Crippen molar-refractivity contribution in [3.63, 3.8) is 0 Å². The van der Waals surface area contributed by atoms with E-state index in [2.05, 4.69) is 11.6 Å². The third kappa shape index (κ3) is 4.28. The van der Waals surface area contributed by atoms with Crippen molar-refractivity contribution in [1.82, 2.24) is 5.32 Å². The molecule has 4 nitrogen and oxygen atoms in total. The molecule has 0 radical (unpaired) electrons. The number of nitrogens with one attached hydrogen (secondary N) is 1. The van der Waals surface area contributed by atoms with Crippen molar-refractivity contribution in [3.8, 4) is 11.5 Å². The molecule has 1 aliphatic rings. The van der Waals surface area contributed by atoms with Gasteiger partial charge in [-0.1, -0.05) is 0 Å². The molecule has 0 spiro atoms. The Balaban J connectivity index is 2.07. The predicted molar refractivity (Wildman–Crippen MR) is 86.4 cm³/mol. The molecule has 2 atom stereocenters. The van der Waals surface area contributed by atoms with Gasteiger partial charge in [-0.3, -0.25) is 0 Å². The molecule has 0 aliphatic heterocycles. The maximum atomic E-state index is 9.75. The van der Waals surface area contributed by atoms with Gasteiger partial charge in [0.15, 0.2) is 11.5 Å². The lowest BCUT2D eigenvalue weighted by Crippen LogP contribution is -2.35. The molecule has 118 valence electrons. The van der Waals surface area contributed by atoms with Crippen LogP contribution in [0.15, 0.2) is 17.0 Å². The van der Waals surface area contributed by atoms with Crippen LogP contribution in [-0.4, -0.2) is 37.7 Å². The fourth-order valence-corrected chi connectivity index (χ4v) is 3.45. The molecule has 1 aromatic rings. The van der Waals surface area contributed by atoms with Crippen LogP contribution in [-0.2, 0) is 6.54 Å². The van der Waals surface area contributed by atoms with E-state index in [0.29, 0.717) is 6.04 Å². The normalized spacial score (nSPS) is 22.1. The lowest BCUT2D eigenvalue weighted by Gasteiger charge is -2.27. The van der Waals surface area contributed by atoms with E-state index in [1.165, 1.54) is 10.5 Å². The zero-order valence-electron chi connectivity index (χ0n) is 13.0. The molecule has 1 saturated carbocycles. The van der Waals surface area contributed by atoms with E-state index >= 15 is 0 Å². The van der Waals surface area contributed by atoms with Crippen molar-refractivity contribution in [2.45, 2.75) is 49.3 Å². The first-order valence-electron chi connectivity index (χ1n) is 7.38. The van der Waals surface area contributed by atoms with Crippen molar-refractivity contribution >= 4 is 11.8 Å². The van der Waals surface area contributed by atoms with Crippen molar-refractivity contribution in [2.24, 2.45) is 0 Å². The highest BCUT2D eigenvalue weighted by atomic mass is 32.2. The van der Waals surface area contributed by atoms with Gasteiger partial charge in [0.1, 0.15) is 0 Å². The van der Waals surface area contributed by atoms with Crippen molar-refractivity contribution in [2.75, 3.05) is 20.5 Å². The average Bonchev–Trinajstić information content (AvgIpc) is 2.52. The maximum absolute atomic E-state index is 9.75. The van der Waals surface area contributed by atoms with E-state index in [9.17, 15) is 5.11 Å². The molecule has 0 saturated heterocycles. The number of methoxy groups -OCH3 is 2. The molecule has 0 heterocycles. The van der Waals surface area contributed by atoms with Gasteiger partial charge < -0.3 is 19.9 Å². The van der Waals surface area contributed by atoms with Crippen molar-refractivity contribution in [3.05, 3.63) is 17.7 Å². The molecule has 1 aromatic carbocycles. The molecule has 0 aromatic heterocycles. The fraction of sp³-hybridized carbons (Fsp3) is 0.625. The number of aliphatic hydroxyl groups is 1. The van der Waals surface area contributed by atoms with Gasteiger partial charge in [-0.05, 0) is 49.6 Å². The standard InChI is InChI=1S/C16H25NO3S/c1-19-14-7-11(16(21-3)9-15(14)20-2)10-17-12-5-4-6-13(18)8-12/h7,9,12-13,17-18H,4-6,8,10H2,1-3H3. The molecule has 2 rings (SSSR count). The monoisotopic (exact) mass is 311 g/mol. The lowest BCUT2D eigenvalue weighted by atomic mass is 9.93. The molecular weight excluding hydrogens is 286 g/mol. The number of ether oxygens (including phenoxy) is 2. The van der Waals surface area contributed by atoms with Gasteiger partial charge in [0.2, 0.25) is 0 Å². The molecule has 5 heteroatoms. The first-order chi connectivity index (χ1) is 10.2. The summed E-state index contributed by atoms with van der Waals surface area (Å²) in [6.45, 7) is 0.786. The Morgan fingerprint density at radius 3 is 2.57 bits per heavy atom. The summed E-state index contributed by atoms with van der Waals surface area (Å²) in [4.78, 5) is 1.19. The summed E-state index contributed by atoms with van der Waals surface area (Å²) in [5, 5.41) is 13.3. The number of thioether (sulfide) groups is 1. The fourth-order valence-electron chi connectivity index (χ4n) is 2.83. The largest absolute Gasteiger partial charge is 0.493 e. The Hall–Kier alpha value is -0.910. The second-order valence-corrected chi connectivity index (χ2v) is 6.27. The Kier molecular flexibility index (Phi) is 6.21. The maximum Gasteiger partial charge on any atom is 0.161 e. The van der Waals surface area contributed by atoms with E-state index in [1.54, 1.807) is 26.0 Å². The van der Waals surface area contributed by atoms with E-state index in [0.717, 1.165) is 43.7 Å². The van der Waals surface area contributed by atoms with Crippen LogP contribution in [0.1, 0.15) is 31.2 Å². The second kappa shape index (κ2) is 7.92. The van der Waals surface area contributed by atoms with E-state index in [-0.39, 0.29) is 6.10 Å². The SMILES string of the molecule is COc1cc(CNC2CCCC(O)C2)c(SC)cc1OC. The zero-order valence-corrected chi connectivity index (χ0v) is 13.8. The Morgan fingerprint density at radius 2 is 1.95 bits per heavy atom. The molecule has 21 heavy (non-hydrogen) atoms. The van der Waals surface area contributed by atoms with Gasteiger partial charge in [0, 0.05) is 17.5 Å². The minimum absolute atomic E-state index is 0.151. The van der Waals surface area contributed by atoms with Gasteiger partial charge >= 0.3 is 0 Å². The Labute approximate surface area is 131 Å². The summed E-state index contributed by atoms with van der Waals surface area (Å²) in [5.74, 6) is 1.52. The minimum Gasteiger partial charge on any atom is -0.493 e. The van der Waals surface area contributed by atoms with Gasteiger partial charge in [-0.2, -0.15) is 0 Å². The number of hydrogen-bond acceptors (Lipinski definition) is 5. The second-order valence-electron chi connectivity index (χ2n) is 5.42. The van der Waals surface area contributed by atoms with Crippen LogP contribution in [0.5, 0.6) is 11.5 Å². The first-order valence-corrected chi connectivity index (χ1v) is 8.60. The van der Waals surface area contributed by atoms with E-state index < -0.39 is 0 Å². The summed E-state index contributed by atoms with van der Waals surface area (Å²) in [6.07, 6.45) is 5.93. The van der Waals surface area contributed by atoms with Crippen molar-refractivity contribution < 1.29 is 14.6 Å². The van der Waals surface area contributed by atoms with Gasteiger partial charge in [-0.25, -0.2) is 0 Å². The summed E-state index contributed by atoms with van der Waals surface area (Å²) in [6, 6.07) is 4.46. The Bertz CT molecular complexity index is 467. The van der Waals surface area contributed by atoms with Crippen LogP contribution in [0.3, 0.4) is 0 Å². The van der Waals surface area contributed by atoms with Crippen molar-refractivity contribution in [1.29, 1.82) is 0 Å². The third-order valence-electron chi connectivity index (χ3n) is 4.01. The summed E-state index contributed by atoms with van der Waals surface area (Å²) >= 11 is 1.71. The number of benzene rings is 1. The van der Waals surface area contributed by atoms with Gasteiger partial charge in [0.05, 0.1) is 20.3 Å². The summed E-state index contributed by atoms with van der Waals surface area (Å²) < 4.78 is 10.7. The van der Waals surface area contributed by atoms with Crippen LogP contribution >= 0.6 is 11.8 Å². The molecule has 2 N–H and O–H groups in total. The molecule has 1 fully saturated rings. The highest BCUT2D eigenvalue weighted by molar-refractivity contribution is 7.98. The minimum atomic E-state index is -0.151. The smallest absolute Gasteiger partial charge is 0.161 e. The first kappa shape index (κ1) is 16.5. The predicted octanol–water partition coefficient (Wildman–Crippen LogP) is 2.82. The van der Waals surface area contributed by atoms with Crippen LogP contribution < -0.4 is 14.8 Å². The van der Waals surface area contributed by atoms with Gasteiger partial charge in [-0.15, -0.1) is 11.8 Å². The third-order valence-corrected chi connectivity index (χ3v) is 4.83. The Morgan fingerprint density at radius 1 is 1.24 bits per heavy atom. The molecule has 1 aliphatic carbocycles. The molecule has 2 unspecified atom stereocenters. The van der Waals surface area contributed by atoms with E-state index in [1.807, 2.05) is 12.1 Å². The zero-order chi connectivity index (χ0) is 15.2.